The normalized spacial score (nSPS) is 18.1. The second-order valence-electron chi connectivity index (χ2n) is 15.2. The molecular formula is C46H48N4O10. The minimum Gasteiger partial charge on any atom is -0.481 e. The van der Waals surface area contributed by atoms with E-state index in [9.17, 15) is 38.4 Å². The molecule has 3 N–H and O–H groups in total. The molecule has 6 amide bonds. The molecule has 2 fully saturated rings. The van der Waals surface area contributed by atoms with E-state index in [0.717, 1.165) is 53.5 Å². The number of ether oxygens (including phenoxy) is 1. The van der Waals surface area contributed by atoms with E-state index in [0.29, 0.717) is 49.8 Å². The first kappa shape index (κ1) is 43.0. The molecule has 3 aromatic rings. The maximum atomic E-state index is 12.9. The summed E-state index contributed by atoms with van der Waals surface area (Å²) in [6, 6.07) is 19.3. The van der Waals surface area contributed by atoms with E-state index in [1.54, 1.807) is 23.1 Å². The van der Waals surface area contributed by atoms with Crippen molar-refractivity contribution >= 4 is 47.4 Å². The lowest BCUT2D eigenvalue weighted by Crippen LogP contribution is -2.52. The molecule has 0 radical (unpaired) electrons. The minimum atomic E-state index is -0.761. The highest BCUT2D eigenvalue weighted by Crippen LogP contribution is 2.31. The fourth-order valence-corrected chi connectivity index (χ4v) is 7.82. The van der Waals surface area contributed by atoms with E-state index in [4.69, 9.17) is 9.84 Å². The topological polar surface area (TPSA) is 197 Å². The van der Waals surface area contributed by atoms with E-state index in [1.807, 2.05) is 48.5 Å². The van der Waals surface area contributed by atoms with Crippen molar-refractivity contribution in [3.8, 4) is 11.8 Å². The number of amides is 6. The van der Waals surface area contributed by atoms with Crippen molar-refractivity contribution in [2.45, 2.75) is 115 Å². The van der Waals surface area contributed by atoms with Crippen LogP contribution in [0, 0.1) is 11.8 Å². The predicted octanol–water partition coefficient (Wildman–Crippen LogP) is 4.74. The molecule has 0 aliphatic carbocycles. The van der Waals surface area contributed by atoms with Gasteiger partial charge in [0, 0.05) is 61.9 Å². The Bertz CT molecular complexity index is 2230. The molecule has 0 bridgehead atoms. The number of carbonyl (C=O) groups excluding carboxylic acids is 7. The second-order valence-corrected chi connectivity index (χ2v) is 15.2. The molecule has 312 valence electrons. The number of nitrogens with one attached hydrogen (secondary N) is 2. The monoisotopic (exact) mass is 816 g/mol. The van der Waals surface area contributed by atoms with Crippen molar-refractivity contribution in [3.05, 3.63) is 106 Å². The number of piperidine rings is 2. The van der Waals surface area contributed by atoms with Gasteiger partial charge in [0.1, 0.15) is 18.7 Å². The van der Waals surface area contributed by atoms with Crippen LogP contribution in [0.4, 0.5) is 0 Å². The fourth-order valence-electron chi connectivity index (χ4n) is 7.82. The van der Waals surface area contributed by atoms with Crippen LogP contribution in [-0.2, 0) is 59.6 Å². The van der Waals surface area contributed by atoms with E-state index in [1.165, 1.54) is 4.90 Å². The Balaban J connectivity index is 0.000000205. The van der Waals surface area contributed by atoms with Crippen LogP contribution in [0.5, 0.6) is 0 Å². The second kappa shape index (κ2) is 20.4. The van der Waals surface area contributed by atoms with Gasteiger partial charge in [-0.15, -0.1) is 0 Å². The predicted molar refractivity (Wildman–Crippen MR) is 216 cm³/mol. The number of carboxylic acid groups (broad SMARTS) is 1. The summed E-state index contributed by atoms with van der Waals surface area (Å²) in [7, 11) is 0. The van der Waals surface area contributed by atoms with Crippen molar-refractivity contribution in [1.29, 1.82) is 0 Å². The molecule has 7 rings (SSSR count). The number of hydrogen-bond acceptors (Lipinski definition) is 9. The zero-order chi connectivity index (χ0) is 42.6. The van der Waals surface area contributed by atoms with Crippen molar-refractivity contribution in [2.75, 3.05) is 0 Å². The van der Waals surface area contributed by atoms with Crippen LogP contribution in [-0.4, -0.2) is 74.4 Å². The molecule has 14 nitrogen and oxygen atoms in total. The highest BCUT2D eigenvalue weighted by Gasteiger charge is 2.41. The molecule has 4 aliphatic rings. The third-order valence-electron chi connectivity index (χ3n) is 11.0. The van der Waals surface area contributed by atoms with Crippen LogP contribution < -0.4 is 10.6 Å². The number of hydrogen-bond donors (Lipinski definition) is 3. The highest BCUT2D eigenvalue weighted by atomic mass is 16.5. The maximum Gasteiger partial charge on any atom is 0.306 e. The van der Waals surface area contributed by atoms with Gasteiger partial charge in [0.15, 0.2) is 0 Å². The first-order chi connectivity index (χ1) is 29.0. The molecule has 2 unspecified atom stereocenters. The quantitative estimate of drug-likeness (QED) is 0.0885. The summed E-state index contributed by atoms with van der Waals surface area (Å²) in [5.41, 5.74) is 5.74. The van der Waals surface area contributed by atoms with Crippen LogP contribution in [0.25, 0.3) is 0 Å². The zero-order valence-electron chi connectivity index (χ0n) is 33.3. The largest absolute Gasteiger partial charge is 0.481 e. The summed E-state index contributed by atoms with van der Waals surface area (Å²) < 4.78 is 5.27. The van der Waals surface area contributed by atoms with Gasteiger partial charge >= 0.3 is 11.9 Å². The molecule has 4 aliphatic heterocycles. The van der Waals surface area contributed by atoms with Crippen molar-refractivity contribution in [1.82, 2.24) is 20.4 Å². The number of unbranched alkanes of at least 4 members (excludes halogenated alkanes) is 4. The van der Waals surface area contributed by atoms with Crippen molar-refractivity contribution in [3.63, 3.8) is 0 Å². The Kier molecular flexibility index (Phi) is 14.6. The number of rotatable bonds is 14. The van der Waals surface area contributed by atoms with Gasteiger partial charge in [-0.3, -0.25) is 49.0 Å². The number of imide groups is 2. The lowest BCUT2D eigenvalue weighted by Gasteiger charge is -2.29. The zero-order valence-corrected chi connectivity index (χ0v) is 33.3. The molecule has 4 heterocycles. The molecule has 3 aromatic carbocycles. The Labute approximate surface area is 348 Å². The Morgan fingerprint density at radius 1 is 0.683 bits per heavy atom. The highest BCUT2D eigenvalue weighted by molar-refractivity contribution is 6.06. The summed E-state index contributed by atoms with van der Waals surface area (Å²) in [5, 5.41) is 13.3. The van der Waals surface area contributed by atoms with Crippen LogP contribution in [0.2, 0.25) is 0 Å². The molecule has 2 atom stereocenters. The maximum absolute atomic E-state index is 12.9. The number of esters is 1. The summed E-state index contributed by atoms with van der Waals surface area (Å²) in [4.78, 5) is 98.2. The summed E-state index contributed by atoms with van der Waals surface area (Å²) in [6.45, 7) is 0.950. The number of aryl methyl sites for hydroxylation is 1. The Morgan fingerprint density at radius 3 is 1.92 bits per heavy atom. The lowest BCUT2D eigenvalue weighted by molar-refractivity contribution is -0.145. The fraction of sp³-hybridized carbons (Fsp3) is 0.391. The van der Waals surface area contributed by atoms with Gasteiger partial charge in [-0.25, -0.2) is 0 Å². The Hall–Kier alpha value is -6.62. The average Bonchev–Trinajstić information content (AvgIpc) is 3.75. The molecule has 0 saturated carbocycles. The van der Waals surface area contributed by atoms with Gasteiger partial charge in [0.25, 0.3) is 11.8 Å². The molecule has 60 heavy (non-hydrogen) atoms. The number of nitrogens with zero attached hydrogens (tertiary/aromatic N) is 2. The van der Waals surface area contributed by atoms with Crippen LogP contribution in [0.3, 0.4) is 0 Å². The van der Waals surface area contributed by atoms with Gasteiger partial charge in [-0.2, -0.15) is 0 Å². The molecular weight excluding hydrogens is 769 g/mol. The number of carbonyl (C=O) groups is 8. The minimum absolute atomic E-state index is 0.150. The number of benzene rings is 3. The smallest absolute Gasteiger partial charge is 0.306 e. The van der Waals surface area contributed by atoms with Crippen LogP contribution in [0.1, 0.15) is 126 Å². The molecule has 2 saturated heterocycles. The average molecular weight is 817 g/mol. The van der Waals surface area contributed by atoms with E-state index >= 15 is 0 Å². The number of carboxylic acids is 1. The van der Waals surface area contributed by atoms with Gasteiger partial charge in [-0.05, 0) is 79.0 Å². The van der Waals surface area contributed by atoms with Gasteiger partial charge in [0.2, 0.25) is 23.6 Å². The SMILES string of the molecule is O=C(O)CCCCCCc1cccc2c1CN(C1CCC(=O)NC1=O)C2=O.O=C1CCC(N2Cc3c(C#CCCCC(=O)OCc4ccccc4)cccc3C2=O)C(=O)N1. The number of aliphatic carboxylic acids is 1. The summed E-state index contributed by atoms with van der Waals surface area (Å²) in [6.07, 6.45) is 7.02. The van der Waals surface area contributed by atoms with Crippen LogP contribution >= 0.6 is 0 Å². The first-order valence-electron chi connectivity index (χ1n) is 20.4. The Morgan fingerprint density at radius 2 is 1.28 bits per heavy atom. The third kappa shape index (κ3) is 10.9. The van der Waals surface area contributed by atoms with Gasteiger partial charge in [-0.1, -0.05) is 73.2 Å². The van der Waals surface area contributed by atoms with Gasteiger partial charge < -0.3 is 19.6 Å². The molecule has 0 spiro atoms. The lowest BCUT2D eigenvalue weighted by atomic mass is 9.98. The summed E-state index contributed by atoms with van der Waals surface area (Å²) in [5.74, 6) is 3.36. The van der Waals surface area contributed by atoms with E-state index in [-0.39, 0.29) is 68.4 Å². The summed E-state index contributed by atoms with van der Waals surface area (Å²) >= 11 is 0. The molecule has 14 heteroatoms. The van der Waals surface area contributed by atoms with Crippen molar-refractivity contribution in [2.24, 2.45) is 0 Å². The van der Waals surface area contributed by atoms with Gasteiger partial charge in [0.05, 0.1) is 0 Å². The van der Waals surface area contributed by atoms with Crippen molar-refractivity contribution < 1.29 is 48.2 Å². The standard InChI is InChI=1S/C26H24N2O5.C20H24N2O5/c29-23-15-14-22(25(31)27-23)28-16-21-19(11-7-12-20(21)26(28)32)10-5-2-6-13-24(30)33-17-18-8-3-1-4-9-18;23-17-11-10-16(19(26)21-17)22-12-15-13(7-5-8-14(15)20(22)27)6-3-1-2-4-9-18(24)25/h1,3-4,7-9,11-12,22H,2,6,13-17H2,(H,27,29,31);5,7-8,16H,1-4,6,9-12H2,(H,24,25)(H,21,23,26). The first-order valence-corrected chi connectivity index (χ1v) is 20.4. The van der Waals surface area contributed by atoms with Crippen LogP contribution in [0.15, 0.2) is 66.7 Å². The number of fused-ring (bicyclic) bond motifs is 2. The molecule has 0 aromatic heterocycles. The van der Waals surface area contributed by atoms with E-state index in [2.05, 4.69) is 22.5 Å². The third-order valence-corrected chi connectivity index (χ3v) is 11.0. The van der Waals surface area contributed by atoms with E-state index < -0.39 is 29.9 Å².